The van der Waals surface area contributed by atoms with Crippen LogP contribution < -0.4 is 5.73 Å². The van der Waals surface area contributed by atoms with Gasteiger partial charge in [-0.05, 0) is 57.8 Å². The van der Waals surface area contributed by atoms with E-state index < -0.39 is 51.1 Å². The summed E-state index contributed by atoms with van der Waals surface area (Å²) in [4.78, 5) is 46.1. The number of phosphoric acid groups is 1. The van der Waals surface area contributed by atoms with Gasteiger partial charge in [0.15, 0.2) is 6.10 Å². The number of allylic oxidation sites excluding steroid dienone is 8. The summed E-state index contributed by atoms with van der Waals surface area (Å²) in [6.45, 7) is 0.783. The van der Waals surface area contributed by atoms with Crippen LogP contribution in [0.5, 0.6) is 0 Å². The largest absolute Gasteiger partial charge is 0.480 e. The molecule has 1 unspecified atom stereocenters. The van der Waals surface area contributed by atoms with E-state index in [-0.39, 0.29) is 26.1 Å². The van der Waals surface area contributed by atoms with Gasteiger partial charge >= 0.3 is 25.7 Å². The number of carboxylic acid groups (broad SMARTS) is 1. The summed E-state index contributed by atoms with van der Waals surface area (Å²) >= 11 is 0. The Balaban J connectivity index is 4.32. The minimum Gasteiger partial charge on any atom is -0.480 e. The first-order valence-corrected chi connectivity index (χ1v) is 26.3. The highest BCUT2D eigenvalue weighted by atomic mass is 31.2. The van der Waals surface area contributed by atoms with Crippen LogP contribution in [0.25, 0.3) is 0 Å². The molecule has 3 atom stereocenters. The number of phosphoric ester groups is 1. The average Bonchev–Trinajstić information content (AvgIpc) is 3.26. The molecule has 5 N–H and O–H groups in total. The smallest absolute Gasteiger partial charge is 0.472 e. The lowest BCUT2D eigenvalue weighted by Gasteiger charge is -2.20. The number of rotatable bonds is 47. The van der Waals surface area contributed by atoms with Crippen molar-refractivity contribution in [2.45, 2.75) is 225 Å². The third-order valence-electron chi connectivity index (χ3n) is 10.6. The summed E-state index contributed by atoms with van der Waals surface area (Å²) < 4.78 is 32.7. The van der Waals surface area contributed by atoms with Crippen LogP contribution in [0.3, 0.4) is 0 Å². The van der Waals surface area contributed by atoms with Crippen LogP contribution >= 0.6 is 7.82 Å². The van der Waals surface area contributed by atoms with Crippen molar-refractivity contribution in [2.75, 3.05) is 26.4 Å². The Kier molecular flexibility index (Phi) is 44.1. The topological polar surface area (TPSA) is 192 Å². The molecule has 13 heteroatoms. The van der Waals surface area contributed by atoms with Crippen LogP contribution in [0.15, 0.2) is 48.6 Å². The Morgan fingerprint density at radius 3 is 1.38 bits per heavy atom. The van der Waals surface area contributed by atoms with Gasteiger partial charge in [0.05, 0.1) is 13.2 Å². The molecule has 0 spiro atoms. The number of ether oxygens (including phenoxy) is 2. The molecule has 0 aromatic heterocycles. The monoisotopic (exact) mass is 912 g/mol. The molecule has 0 aliphatic carbocycles. The molecule has 0 bridgehead atoms. The second kappa shape index (κ2) is 45.9. The standard InChI is InChI=1S/C50H90NO11P/c1-2-3-4-5-6-7-8-9-10-11-12-13-14-16-20-23-26-29-32-35-38-41-49(54)62-46(44-60-63(57,58)61-45-47(51)50(55)56)43-59-48(53)40-37-34-31-28-25-22-19-17-15-18-21-24-27-30-33-36-39-42-52/h15,18-19,22,24,27-28,31,46-47,52H,2-14,16-17,20-21,23,25-26,29-30,32-45,51H2,1H3,(H,55,56)(H,57,58)/b18-15-,22-19-,27-24-,31-28-/t46-,47+/m1/s1. The summed E-state index contributed by atoms with van der Waals surface area (Å²) in [5.74, 6) is -2.46. The number of esters is 2. The van der Waals surface area contributed by atoms with Crippen LogP contribution in [0.1, 0.15) is 212 Å². The Bertz CT molecular complexity index is 1250. The predicted molar refractivity (Wildman–Crippen MR) is 255 cm³/mol. The molecule has 0 aliphatic rings. The maximum Gasteiger partial charge on any atom is 0.472 e. The highest BCUT2D eigenvalue weighted by Gasteiger charge is 2.28. The molecule has 0 aliphatic heterocycles. The second-order valence-corrected chi connectivity index (χ2v) is 18.1. The minimum absolute atomic E-state index is 0.137. The molecule has 63 heavy (non-hydrogen) atoms. The lowest BCUT2D eigenvalue weighted by Crippen LogP contribution is -2.34. The number of aliphatic hydroxyl groups is 1. The fourth-order valence-electron chi connectivity index (χ4n) is 6.74. The maximum atomic E-state index is 12.7. The summed E-state index contributed by atoms with van der Waals surface area (Å²) in [7, 11) is -4.74. The van der Waals surface area contributed by atoms with Crippen molar-refractivity contribution in [3.63, 3.8) is 0 Å². The predicted octanol–water partition coefficient (Wildman–Crippen LogP) is 12.7. The molecule has 0 fully saturated rings. The van der Waals surface area contributed by atoms with E-state index in [1.807, 2.05) is 12.2 Å². The van der Waals surface area contributed by atoms with Gasteiger partial charge in [-0.1, -0.05) is 190 Å². The van der Waals surface area contributed by atoms with Crippen molar-refractivity contribution < 1.29 is 52.6 Å². The molecule has 12 nitrogen and oxygen atoms in total. The van der Waals surface area contributed by atoms with Gasteiger partial charge in [-0.25, -0.2) is 4.57 Å². The van der Waals surface area contributed by atoms with Crippen molar-refractivity contribution in [3.05, 3.63) is 48.6 Å². The van der Waals surface area contributed by atoms with E-state index in [1.165, 1.54) is 109 Å². The van der Waals surface area contributed by atoms with Crippen LogP contribution in [0.2, 0.25) is 0 Å². The molecule has 0 saturated carbocycles. The zero-order valence-corrected chi connectivity index (χ0v) is 40.3. The zero-order chi connectivity index (χ0) is 46.3. The number of hydrogen-bond donors (Lipinski definition) is 4. The molecule has 0 heterocycles. The van der Waals surface area contributed by atoms with Gasteiger partial charge in [-0.3, -0.25) is 23.4 Å². The fraction of sp³-hybridized carbons (Fsp3) is 0.780. The molecule has 0 radical (unpaired) electrons. The first-order valence-electron chi connectivity index (χ1n) is 24.8. The van der Waals surface area contributed by atoms with E-state index in [4.69, 9.17) is 29.9 Å². The first kappa shape index (κ1) is 60.4. The summed E-state index contributed by atoms with van der Waals surface area (Å²) in [6.07, 6.45) is 50.5. The molecule has 0 saturated heterocycles. The van der Waals surface area contributed by atoms with Crippen molar-refractivity contribution in [2.24, 2.45) is 5.73 Å². The fourth-order valence-corrected chi connectivity index (χ4v) is 7.52. The van der Waals surface area contributed by atoms with E-state index in [1.54, 1.807) is 0 Å². The molecule has 0 aromatic rings. The molecular weight excluding hydrogens is 822 g/mol. The number of carboxylic acids is 1. The number of unbranched alkanes of at least 4 members (excludes halogenated alkanes) is 24. The zero-order valence-electron chi connectivity index (χ0n) is 39.4. The van der Waals surface area contributed by atoms with Gasteiger partial charge in [0.25, 0.3) is 0 Å². The third kappa shape index (κ3) is 45.8. The third-order valence-corrected chi connectivity index (χ3v) is 11.6. The van der Waals surface area contributed by atoms with Crippen LogP contribution in [-0.4, -0.2) is 71.6 Å². The van der Waals surface area contributed by atoms with Crippen LogP contribution in [-0.2, 0) is 37.5 Å². The van der Waals surface area contributed by atoms with Gasteiger partial charge in [-0.15, -0.1) is 0 Å². The summed E-state index contributed by atoms with van der Waals surface area (Å²) in [5.41, 5.74) is 5.34. The summed E-state index contributed by atoms with van der Waals surface area (Å²) in [6, 6.07) is -1.53. The van der Waals surface area contributed by atoms with Gasteiger partial charge in [-0.2, -0.15) is 0 Å². The number of carbonyl (C=O) groups is 3. The minimum atomic E-state index is -4.74. The lowest BCUT2D eigenvalue weighted by atomic mass is 10.0. The molecule has 0 aromatic carbocycles. The van der Waals surface area contributed by atoms with Crippen molar-refractivity contribution in [1.29, 1.82) is 0 Å². The number of carbonyl (C=O) groups excluding carboxylic acids is 2. The highest BCUT2D eigenvalue weighted by molar-refractivity contribution is 7.47. The van der Waals surface area contributed by atoms with E-state index in [2.05, 4.69) is 47.9 Å². The average molecular weight is 912 g/mol. The van der Waals surface area contributed by atoms with Crippen LogP contribution in [0.4, 0.5) is 0 Å². The van der Waals surface area contributed by atoms with Gasteiger partial charge in [0.1, 0.15) is 12.6 Å². The van der Waals surface area contributed by atoms with Crippen LogP contribution in [0, 0.1) is 0 Å². The van der Waals surface area contributed by atoms with Crippen molar-refractivity contribution >= 4 is 25.7 Å². The Labute approximate surface area is 382 Å². The highest BCUT2D eigenvalue weighted by Crippen LogP contribution is 2.43. The quantitative estimate of drug-likeness (QED) is 0.0196. The second-order valence-electron chi connectivity index (χ2n) is 16.7. The summed E-state index contributed by atoms with van der Waals surface area (Å²) in [5, 5.41) is 17.7. The SMILES string of the molecule is CCCCCCCCCCCCCCCCCCCCCCCC(=O)O[C@H](COC(=O)CCC/C=C\C/C=C\C/C=C\C/C=C\CCCCCO)COP(=O)(O)OC[C@H](N)C(=O)O. The van der Waals surface area contributed by atoms with Gasteiger partial charge in [0.2, 0.25) is 0 Å². The van der Waals surface area contributed by atoms with E-state index >= 15 is 0 Å². The van der Waals surface area contributed by atoms with E-state index in [0.29, 0.717) is 19.3 Å². The Hall–Kier alpha value is -2.60. The van der Waals surface area contributed by atoms with E-state index in [9.17, 15) is 23.8 Å². The van der Waals surface area contributed by atoms with Crippen molar-refractivity contribution in [1.82, 2.24) is 0 Å². The Morgan fingerprint density at radius 2 is 0.921 bits per heavy atom. The molecule has 366 valence electrons. The number of aliphatic carboxylic acids is 1. The lowest BCUT2D eigenvalue weighted by molar-refractivity contribution is -0.161. The normalized spacial score (nSPS) is 14.0. The maximum absolute atomic E-state index is 12.7. The number of hydrogen-bond acceptors (Lipinski definition) is 10. The number of aliphatic hydroxyl groups excluding tert-OH is 1. The Morgan fingerprint density at radius 1 is 0.524 bits per heavy atom. The number of nitrogens with two attached hydrogens (primary N) is 1. The molecule has 0 amide bonds. The van der Waals surface area contributed by atoms with Crippen molar-refractivity contribution in [3.8, 4) is 0 Å². The van der Waals surface area contributed by atoms with E-state index in [0.717, 1.165) is 64.2 Å². The molecule has 0 rings (SSSR count). The molecular formula is C50H90NO11P. The van der Waals surface area contributed by atoms with Gasteiger partial charge in [0, 0.05) is 19.4 Å². The first-order chi connectivity index (χ1) is 30.6. The van der Waals surface area contributed by atoms with Gasteiger partial charge < -0.3 is 30.3 Å².